The highest BCUT2D eigenvalue weighted by Crippen LogP contribution is 2.24. The van der Waals surface area contributed by atoms with Crippen molar-refractivity contribution >= 4 is 17.5 Å². The lowest BCUT2D eigenvalue weighted by atomic mass is 9.95. The highest BCUT2D eigenvalue weighted by Gasteiger charge is 2.19. The maximum atomic E-state index is 12.6. The Morgan fingerprint density at radius 3 is 2.68 bits per heavy atom. The van der Waals surface area contributed by atoms with Crippen molar-refractivity contribution in [1.29, 1.82) is 0 Å². The number of rotatable bonds is 4. The van der Waals surface area contributed by atoms with Gasteiger partial charge in [0.05, 0.1) is 10.7 Å². The van der Waals surface area contributed by atoms with Crippen LogP contribution in [0.25, 0.3) is 0 Å². The zero-order chi connectivity index (χ0) is 17.8. The fourth-order valence-corrected chi connectivity index (χ4v) is 3.46. The van der Waals surface area contributed by atoms with Gasteiger partial charge in [-0.3, -0.25) is 9.78 Å². The third-order valence-electron chi connectivity index (χ3n) is 4.74. The van der Waals surface area contributed by atoms with Crippen molar-refractivity contribution in [3.8, 4) is 0 Å². The van der Waals surface area contributed by atoms with Crippen molar-refractivity contribution in [2.24, 2.45) is 0 Å². The van der Waals surface area contributed by atoms with E-state index in [1.54, 1.807) is 0 Å². The Kier molecular flexibility index (Phi) is 5.69. The molecule has 0 atom stereocenters. The molecule has 1 aliphatic carbocycles. The van der Waals surface area contributed by atoms with Crippen molar-refractivity contribution in [3.63, 3.8) is 0 Å². The second kappa shape index (κ2) is 7.96. The summed E-state index contributed by atoms with van der Waals surface area (Å²) in [6.45, 7) is 3.80. The summed E-state index contributed by atoms with van der Waals surface area (Å²) in [6.07, 6.45) is 8.23. The number of nitrogens with one attached hydrogen (secondary N) is 1. The van der Waals surface area contributed by atoms with Crippen LogP contribution in [0.15, 0.2) is 24.4 Å². The minimum absolute atomic E-state index is 0.102. The molecule has 1 N–H and O–H groups in total. The molecule has 1 amide bonds. The Labute approximate surface area is 154 Å². The number of amides is 1. The molecule has 2 heterocycles. The second-order valence-electron chi connectivity index (χ2n) is 6.86. The Morgan fingerprint density at radius 2 is 2.00 bits per heavy atom. The van der Waals surface area contributed by atoms with Crippen molar-refractivity contribution < 1.29 is 4.79 Å². The molecule has 5 heteroatoms. The fraction of sp³-hybridized carbons (Fsp3) is 0.450. The zero-order valence-corrected chi connectivity index (χ0v) is 15.6. The molecule has 0 bridgehead atoms. The van der Waals surface area contributed by atoms with E-state index in [0.717, 1.165) is 29.7 Å². The molecule has 3 rings (SSSR count). The molecule has 2 aromatic rings. The van der Waals surface area contributed by atoms with E-state index >= 15 is 0 Å². The van der Waals surface area contributed by atoms with Crippen LogP contribution in [0.4, 0.5) is 0 Å². The molecule has 4 nitrogen and oxygen atoms in total. The van der Waals surface area contributed by atoms with Crippen LogP contribution < -0.4 is 5.32 Å². The predicted molar refractivity (Wildman–Crippen MR) is 100 cm³/mol. The lowest BCUT2D eigenvalue weighted by Crippen LogP contribution is -2.36. The molecule has 0 saturated heterocycles. The van der Waals surface area contributed by atoms with Gasteiger partial charge in [0.15, 0.2) is 0 Å². The van der Waals surface area contributed by atoms with E-state index in [4.69, 9.17) is 11.6 Å². The summed E-state index contributed by atoms with van der Waals surface area (Å²) in [6, 6.07) is 6.10. The van der Waals surface area contributed by atoms with Gasteiger partial charge in [-0.15, -0.1) is 0 Å². The fourth-order valence-electron chi connectivity index (χ4n) is 3.30. The van der Waals surface area contributed by atoms with E-state index in [0.29, 0.717) is 22.8 Å². The molecule has 2 aromatic heterocycles. The number of aryl methyl sites for hydroxylation is 2. The van der Waals surface area contributed by atoms with Crippen molar-refractivity contribution in [1.82, 2.24) is 15.3 Å². The zero-order valence-electron chi connectivity index (χ0n) is 14.8. The smallest absolute Gasteiger partial charge is 0.270 e. The van der Waals surface area contributed by atoms with Crippen molar-refractivity contribution in [3.05, 3.63) is 57.6 Å². The van der Waals surface area contributed by atoms with Crippen LogP contribution in [0.2, 0.25) is 5.02 Å². The largest absolute Gasteiger partial charge is 0.348 e. The van der Waals surface area contributed by atoms with E-state index in [1.807, 2.05) is 38.2 Å². The lowest BCUT2D eigenvalue weighted by Gasteiger charge is -2.22. The topological polar surface area (TPSA) is 54.9 Å². The Morgan fingerprint density at radius 1 is 1.24 bits per heavy atom. The number of nitrogens with zero attached hydrogens (tertiary/aromatic N) is 2. The van der Waals surface area contributed by atoms with E-state index in [9.17, 15) is 4.79 Å². The van der Waals surface area contributed by atoms with E-state index in [1.165, 1.54) is 19.3 Å². The third-order valence-corrected chi connectivity index (χ3v) is 5.26. The SMILES string of the molecule is Cc1ccc(Cc2cc(C(=O)NC3CCCCC3)nc(C)c2Cl)cn1. The van der Waals surface area contributed by atoms with Crippen molar-refractivity contribution in [2.45, 2.75) is 58.4 Å². The van der Waals surface area contributed by atoms with Gasteiger partial charge >= 0.3 is 0 Å². The minimum Gasteiger partial charge on any atom is -0.348 e. The molecule has 1 aliphatic rings. The number of carbonyl (C=O) groups is 1. The van der Waals surface area contributed by atoms with Gasteiger partial charge < -0.3 is 5.32 Å². The van der Waals surface area contributed by atoms with E-state index in [2.05, 4.69) is 15.3 Å². The standard InChI is InChI=1S/C20H24ClN3O/c1-13-8-9-15(12-22-13)10-16-11-18(23-14(2)19(16)21)20(25)24-17-6-4-3-5-7-17/h8-9,11-12,17H,3-7,10H2,1-2H3,(H,24,25). The Balaban J connectivity index is 1.79. The average molecular weight is 358 g/mol. The highest BCUT2D eigenvalue weighted by atomic mass is 35.5. The average Bonchev–Trinajstić information content (AvgIpc) is 2.61. The van der Waals surface area contributed by atoms with Gasteiger partial charge in [-0.2, -0.15) is 0 Å². The maximum absolute atomic E-state index is 12.6. The van der Waals surface area contributed by atoms with Crippen LogP contribution in [0.1, 0.15) is 65.1 Å². The first-order chi connectivity index (χ1) is 12.0. The molecule has 0 aliphatic heterocycles. The lowest BCUT2D eigenvalue weighted by molar-refractivity contribution is 0.0922. The molecule has 1 fully saturated rings. The quantitative estimate of drug-likeness (QED) is 0.882. The van der Waals surface area contributed by atoms with Gasteiger partial charge in [-0.05, 0) is 49.9 Å². The number of halogens is 1. The van der Waals surface area contributed by atoms with Crippen LogP contribution in [-0.4, -0.2) is 21.9 Å². The van der Waals surface area contributed by atoms with Crippen LogP contribution >= 0.6 is 11.6 Å². The summed E-state index contributed by atoms with van der Waals surface area (Å²) in [7, 11) is 0. The van der Waals surface area contributed by atoms with E-state index in [-0.39, 0.29) is 11.9 Å². The van der Waals surface area contributed by atoms with Gasteiger partial charge in [0.1, 0.15) is 5.69 Å². The highest BCUT2D eigenvalue weighted by molar-refractivity contribution is 6.32. The Hall–Kier alpha value is -1.94. The van der Waals surface area contributed by atoms with E-state index < -0.39 is 0 Å². The molecule has 1 saturated carbocycles. The summed E-state index contributed by atoms with van der Waals surface area (Å²) in [4.78, 5) is 21.3. The molecule has 0 aromatic carbocycles. The monoisotopic (exact) mass is 357 g/mol. The molecular formula is C20H24ClN3O. The van der Waals surface area contributed by atoms with Gasteiger partial charge in [0.2, 0.25) is 0 Å². The number of aromatic nitrogens is 2. The predicted octanol–water partition coefficient (Wildman–Crippen LogP) is 4.40. The van der Waals surface area contributed by atoms with Gasteiger partial charge in [-0.25, -0.2) is 4.98 Å². The molecular weight excluding hydrogens is 334 g/mol. The molecule has 0 unspecified atom stereocenters. The first-order valence-electron chi connectivity index (χ1n) is 8.91. The number of hydrogen-bond acceptors (Lipinski definition) is 3. The number of pyridine rings is 2. The van der Waals surface area contributed by atoms with Crippen LogP contribution in [0, 0.1) is 13.8 Å². The Bertz CT molecular complexity index is 752. The first kappa shape index (κ1) is 17.9. The maximum Gasteiger partial charge on any atom is 0.270 e. The molecule has 132 valence electrons. The second-order valence-corrected chi connectivity index (χ2v) is 7.24. The molecule has 25 heavy (non-hydrogen) atoms. The summed E-state index contributed by atoms with van der Waals surface area (Å²) < 4.78 is 0. The first-order valence-corrected chi connectivity index (χ1v) is 9.29. The van der Waals surface area contributed by atoms with Crippen molar-refractivity contribution in [2.75, 3.05) is 0 Å². The van der Waals surface area contributed by atoms with Crippen LogP contribution in [0.3, 0.4) is 0 Å². The summed E-state index contributed by atoms with van der Waals surface area (Å²) in [5.41, 5.74) is 4.09. The van der Waals surface area contributed by atoms with Crippen LogP contribution in [-0.2, 0) is 6.42 Å². The van der Waals surface area contributed by atoms with Gasteiger partial charge in [0, 0.05) is 24.4 Å². The molecule has 0 spiro atoms. The third kappa shape index (κ3) is 4.57. The minimum atomic E-state index is -0.102. The molecule has 0 radical (unpaired) electrons. The summed E-state index contributed by atoms with van der Waals surface area (Å²) in [5.74, 6) is -0.102. The summed E-state index contributed by atoms with van der Waals surface area (Å²) in [5, 5.41) is 3.74. The van der Waals surface area contributed by atoms with Gasteiger partial charge in [0.25, 0.3) is 5.91 Å². The number of hydrogen-bond donors (Lipinski definition) is 1. The number of carbonyl (C=O) groups excluding carboxylic acids is 1. The normalized spacial score (nSPS) is 15.2. The summed E-state index contributed by atoms with van der Waals surface area (Å²) >= 11 is 6.43. The van der Waals surface area contributed by atoms with Gasteiger partial charge in [-0.1, -0.05) is 36.9 Å². The van der Waals surface area contributed by atoms with Crippen LogP contribution in [0.5, 0.6) is 0 Å².